The molecule has 0 aliphatic carbocycles. The number of halogens is 2. The normalized spacial score (nSPS) is 19.7. The maximum absolute atomic E-state index is 13.6. The second-order valence-electron chi connectivity index (χ2n) is 3.54. The van der Waals surface area contributed by atoms with E-state index in [1.807, 2.05) is 0 Å². The van der Waals surface area contributed by atoms with E-state index in [0.29, 0.717) is 5.75 Å². The highest BCUT2D eigenvalue weighted by molar-refractivity contribution is 5.85. The molecule has 1 heterocycles. The zero-order valence-electron chi connectivity index (χ0n) is 8.63. The second-order valence-corrected chi connectivity index (χ2v) is 3.54. The van der Waals surface area contributed by atoms with E-state index in [4.69, 9.17) is 4.74 Å². The number of nitrogens with one attached hydrogen (secondary N) is 1. The predicted molar refractivity (Wildman–Crippen MR) is 60.2 cm³/mol. The lowest BCUT2D eigenvalue weighted by Crippen LogP contribution is -2.14. The van der Waals surface area contributed by atoms with Gasteiger partial charge >= 0.3 is 0 Å². The summed E-state index contributed by atoms with van der Waals surface area (Å²) in [5.41, 5.74) is 0.753. The first-order valence-electron chi connectivity index (χ1n) is 4.88. The van der Waals surface area contributed by atoms with Crippen LogP contribution in [0.25, 0.3) is 0 Å². The van der Waals surface area contributed by atoms with Crippen molar-refractivity contribution in [3.05, 3.63) is 29.6 Å². The molecule has 2 nitrogen and oxygen atoms in total. The Morgan fingerprint density at radius 2 is 2.27 bits per heavy atom. The smallest absolute Gasteiger partial charge is 0.131 e. The molecular formula is C11H15ClFNO. The Morgan fingerprint density at radius 1 is 1.47 bits per heavy atom. The van der Waals surface area contributed by atoms with Gasteiger partial charge in [-0.1, -0.05) is 6.07 Å². The van der Waals surface area contributed by atoms with Gasteiger partial charge < -0.3 is 10.1 Å². The number of hydrogen-bond acceptors (Lipinski definition) is 2. The van der Waals surface area contributed by atoms with E-state index in [2.05, 4.69) is 5.32 Å². The van der Waals surface area contributed by atoms with Crippen LogP contribution in [0.5, 0.6) is 5.75 Å². The van der Waals surface area contributed by atoms with E-state index < -0.39 is 0 Å². The van der Waals surface area contributed by atoms with Gasteiger partial charge in [-0.3, -0.25) is 0 Å². The van der Waals surface area contributed by atoms with Crippen molar-refractivity contribution in [2.45, 2.75) is 18.9 Å². The molecule has 0 aromatic heterocycles. The molecule has 15 heavy (non-hydrogen) atoms. The molecule has 2 rings (SSSR count). The average Bonchev–Trinajstić information content (AvgIpc) is 2.70. The van der Waals surface area contributed by atoms with Crippen molar-refractivity contribution >= 4 is 12.4 Å². The van der Waals surface area contributed by atoms with Crippen molar-refractivity contribution in [1.29, 1.82) is 0 Å². The van der Waals surface area contributed by atoms with Crippen LogP contribution < -0.4 is 10.1 Å². The molecule has 0 amide bonds. The highest BCUT2D eigenvalue weighted by Gasteiger charge is 2.19. The maximum atomic E-state index is 13.6. The lowest BCUT2D eigenvalue weighted by molar-refractivity contribution is 0.410. The zero-order valence-corrected chi connectivity index (χ0v) is 9.44. The van der Waals surface area contributed by atoms with Crippen LogP contribution in [0, 0.1) is 5.82 Å². The Balaban J connectivity index is 0.00000112. The molecule has 1 fully saturated rings. The summed E-state index contributed by atoms with van der Waals surface area (Å²) in [7, 11) is 1.54. The lowest BCUT2D eigenvalue weighted by Gasteiger charge is -2.12. The first-order chi connectivity index (χ1) is 6.81. The summed E-state index contributed by atoms with van der Waals surface area (Å²) >= 11 is 0. The van der Waals surface area contributed by atoms with Crippen molar-refractivity contribution in [2.75, 3.05) is 13.7 Å². The Hall–Kier alpha value is -0.800. The van der Waals surface area contributed by atoms with Crippen molar-refractivity contribution in [3.8, 4) is 5.75 Å². The van der Waals surface area contributed by atoms with Crippen molar-refractivity contribution in [3.63, 3.8) is 0 Å². The van der Waals surface area contributed by atoms with Crippen LogP contribution in [-0.4, -0.2) is 13.7 Å². The molecule has 0 spiro atoms. The summed E-state index contributed by atoms with van der Waals surface area (Å²) < 4.78 is 18.5. The summed E-state index contributed by atoms with van der Waals surface area (Å²) in [4.78, 5) is 0. The van der Waals surface area contributed by atoms with Crippen LogP contribution >= 0.6 is 12.4 Å². The van der Waals surface area contributed by atoms with Gasteiger partial charge in [-0.05, 0) is 25.5 Å². The van der Waals surface area contributed by atoms with Crippen LogP contribution in [0.2, 0.25) is 0 Å². The molecule has 1 aromatic carbocycles. The van der Waals surface area contributed by atoms with E-state index in [1.165, 1.54) is 6.07 Å². The van der Waals surface area contributed by atoms with Gasteiger partial charge in [0.15, 0.2) is 0 Å². The van der Waals surface area contributed by atoms with Crippen molar-refractivity contribution in [1.82, 2.24) is 5.32 Å². The van der Waals surface area contributed by atoms with Crippen molar-refractivity contribution < 1.29 is 9.13 Å². The molecule has 4 heteroatoms. The van der Waals surface area contributed by atoms with Crippen molar-refractivity contribution in [2.24, 2.45) is 0 Å². The first kappa shape index (κ1) is 12.3. The minimum absolute atomic E-state index is 0. The van der Waals surface area contributed by atoms with E-state index >= 15 is 0 Å². The average molecular weight is 232 g/mol. The highest BCUT2D eigenvalue weighted by atomic mass is 35.5. The molecule has 0 saturated carbocycles. The lowest BCUT2D eigenvalue weighted by atomic mass is 10.0. The molecule has 1 aromatic rings. The molecular weight excluding hydrogens is 217 g/mol. The Labute approximate surface area is 95.2 Å². The summed E-state index contributed by atoms with van der Waals surface area (Å²) in [5.74, 6) is 0.396. The maximum Gasteiger partial charge on any atom is 0.131 e. The minimum Gasteiger partial charge on any atom is -0.497 e. The Kier molecular flexibility index (Phi) is 4.36. The predicted octanol–water partition coefficient (Wildman–Crippen LogP) is 2.68. The fraction of sp³-hybridized carbons (Fsp3) is 0.455. The highest BCUT2D eigenvalue weighted by Crippen LogP contribution is 2.27. The number of ether oxygens (including phenoxy) is 1. The molecule has 1 atom stereocenters. The van der Waals surface area contributed by atoms with Gasteiger partial charge in [-0.25, -0.2) is 4.39 Å². The molecule has 1 saturated heterocycles. The van der Waals surface area contributed by atoms with Gasteiger partial charge in [0, 0.05) is 17.7 Å². The zero-order chi connectivity index (χ0) is 9.97. The number of rotatable bonds is 2. The third kappa shape index (κ3) is 2.61. The largest absolute Gasteiger partial charge is 0.497 e. The van der Waals surface area contributed by atoms with Gasteiger partial charge in [0.25, 0.3) is 0 Å². The van der Waals surface area contributed by atoms with E-state index in [0.717, 1.165) is 24.9 Å². The molecule has 1 N–H and O–H groups in total. The third-order valence-corrected chi connectivity index (χ3v) is 2.64. The Morgan fingerprint density at radius 3 is 2.80 bits per heavy atom. The summed E-state index contributed by atoms with van der Waals surface area (Å²) in [6.07, 6.45) is 2.14. The van der Waals surface area contributed by atoms with E-state index in [1.54, 1.807) is 19.2 Å². The number of hydrogen-bond donors (Lipinski definition) is 1. The third-order valence-electron chi connectivity index (χ3n) is 2.64. The van der Waals surface area contributed by atoms with Crippen LogP contribution in [0.15, 0.2) is 18.2 Å². The van der Waals surface area contributed by atoms with Crippen LogP contribution in [0.3, 0.4) is 0 Å². The fourth-order valence-corrected chi connectivity index (χ4v) is 1.87. The SMILES string of the molecule is COc1ccc([C@H]2CCCN2)c(F)c1.Cl. The Bertz CT molecular complexity index is 326. The molecule has 84 valence electrons. The van der Waals surface area contributed by atoms with Gasteiger partial charge in [0.2, 0.25) is 0 Å². The second kappa shape index (κ2) is 5.33. The molecule has 0 bridgehead atoms. The number of benzene rings is 1. The monoisotopic (exact) mass is 231 g/mol. The van der Waals surface area contributed by atoms with Crippen LogP contribution in [0.4, 0.5) is 4.39 Å². The fourth-order valence-electron chi connectivity index (χ4n) is 1.87. The quantitative estimate of drug-likeness (QED) is 0.845. The van der Waals surface area contributed by atoms with Crippen LogP contribution in [0.1, 0.15) is 24.4 Å². The van der Waals surface area contributed by atoms with Gasteiger partial charge in [-0.2, -0.15) is 0 Å². The standard InChI is InChI=1S/C11H14FNO.ClH/c1-14-8-4-5-9(10(12)7-8)11-3-2-6-13-11;/h4-5,7,11,13H,2-3,6H2,1H3;1H/t11-;/m1./s1. The van der Waals surface area contributed by atoms with E-state index in [9.17, 15) is 4.39 Å². The van der Waals surface area contributed by atoms with Gasteiger partial charge in [0.05, 0.1) is 7.11 Å². The van der Waals surface area contributed by atoms with Crippen LogP contribution in [-0.2, 0) is 0 Å². The molecule has 1 aliphatic rings. The van der Waals surface area contributed by atoms with Gasteiger partial charge in [-0.15, -0.1) is 12.4 Å². The summed E-state index contributed by atoms with van der Waals surface area (Å²) in [6, 6.07) is 5.23. The first-order valence-corrected chi connectivity index (χ1v) is 4.88. The molecule has 1 aliphatic heterocycles. The summed E-state index contributed by atoms with van der Waals surface area (Å²) in [5, 5.41) is 3.27. The molecule has 0 unspecified atom stereocenters. The summed E-state index contributed by atoms with van der Waals surface area (Å²) in [6.45, 7) is 0.982. The van der Waals surface area contributed by atoms with E-state index in [-0.39, 0.29) is 24.3 Å². The topological polar surface area (TPSA) is 21.3 Å². The molecule has 0 radical (unpaired) electrons. The number of methoxy groups -OCH3 is 1. The minimum atomic E-state index is -0.177. The van der Waals surface area contributed by atoms with Gasteiger partial charge in [0.1, 0.15) is 11.6 Å².